The third-order valence-electron chi connectivity index (χ3n) is 6.32. The van der Waals surface area contributed by atoms with Crippen LogP contribution in [0.3, 0.4) is 0 Å². The van der Waals surface area contributed by atoms with Gasteiger partial charge in [0, 0.05) is 11.6 Å². The molecular weight excluding hydrogens is 597 g/mol. The average molecular weight is 631 g/mol. The number of rotatable bonds is 13. The second-order valence-electron chi connectivity index (χ2n) is 9.35. The summed E-state index contributed by atoms with van der Waals surface area (Å²) in [6, 6.07) is 26.8. The van der Waals surface area contributed by atoms with Gasteiger partial charge in [0.05, 0.1) is 28.1 Å². The van der Waals surface area contributed by atoms with Crippen LogP contribution in [0, 0.1) is 0 Å². The molecule has 0 spiro atoms. The maximum atomic E-state index is 13.3. The molecule has 0 saturated carbocycles. The maximum absolute atomic E-state index is 13.3. The largest absolute Gasteiger partial charge is 0.462 e. The summed E-state index contributed by atoms with van der Waals surface area (Å²) in [7, 11) is -3.77. The number of hydrogen-bond acceptors (Lipinski definition) is 7. The van der Waals surface area contributed by atoms with Crippen molar-refractivity contribution >= 4 is 39.8 Å². The van der Waals surface area contributed by atoms with Crippen LogP contribution in [0.5, 0.6) is 11.5 Å². The first kappa shape index (κ1) is 33.1. The number of benzene rings is 4. The smallest absolute Gasteiger partial charge is 0.338 e. The van der Waals surface area contributed by atoms with Crippen LogP contribution in [0.1, 0.15) is 40.9 Å². The van der Waals surface area contributed by atoms with Crippen LogP contribution in [0.2, 0.25) is 5.02 Å². The van der Waals surface area contributed by atoms with Gasteiger partial charge in [-0.05, 0) is 98.1 Å². The first-order chi connectivity index (χ1) is 19.8. The third-order valence-corrected chi connectivity index (χ3v) is 8.32. The van der Waals surface area contributed by atoms with Crippen molar-refractivity contribution in [3.63, 3.8) is 0 Å². The molecule has 222 valence electrons. The Morgan fingerprint density at radius 2 is 1.60 bits per heavy atom. The molecule has 1 atom stereocenters. The van der Waals surface area contributed by atoms with Crippen LogP contribution < -0.4 is 10.1 Å². The van der Waals surface area contributed by atoms with Gasteiger partial charge in [-0.25, -0.2) is 13.2 Å². The molecule has 7 nitrogen and oxygen atoms in total. The second-order valence-corrected chi connectivity index (χ2v) is 11.7. The fraction of sp³-hybridized carbons (Fsp3) is 0.219. The van der Waals surface area contributed by atoms with Gasteiger partial charge in [-0.3, -0.25) is 0 Å². The fourth-order valence-corrected chi connectivity index (χ4v) is 5.70. The molecular formula is C32H33Cl2NO6S. The van der Waals surface area contributed by atoms with Gasteiger partial charge < -0.3 is 19.9 Å². The molecule has 0 fully saturated rings. The molecule has 42 heavy (non-hydrogen) atoms. The van der Waals surface area contributed by atoms with Gasteiger partial charge >= 0.3 is 5.97 Å². The van der Waals surface area contributed by atoms with Crippen LogP contribution >= 0.6 is 24.0 Å². The van der Waals surface area contributed by atoms with Crippen LogP contribution in [0.4, 0.5) is 0 Å². The van der Waals surface area contributed by atoms with E-state index in [4.69, 9.17) is 21.1 Å². The zero-order chi connectivity index (χ0) is 29.2. The van der Waals surface area contributed by atoms with E-state index < -0.39 is 21.9 Å². The summed E-state index contributed by atoms with van der Waals surface area (Å²) in [5, 5.41) is 14.1. The Labute approximate surface area is 257 Å². The van der Waals surface area contributed by atoms with E-state index in [0.717, 1.165) is 24.0 Å². The van der Waals surface area contributed by atoms with E-state index in [9.17, 15) is 18.3 Å². The summed E-state index contributed by atoms with van der Waals surface area (Å²) in [6.07, 6.45) is 0.941. The standard InChI is InChI=1S/C32H32ClNO6S.ClH/c1-2-39-32(36)25-9-4-11-27(20-25)40-28-12-5-13-30(21-28)41(37,38)29-16-14-23(15-17-29)7-6-18-34-22-31(35)24-8-3-10-26(33)19-24;/h3-5,8-17,19-21,31,34-35H,2,6-7,18,22H2,1H3;1H/t31-;/m0./s1. The molecule has 0 amide bonds. The SMILES string of the molecule is CCOC(=O)c1cccc(Oc2cccc(S(=O)(=O)c3ccc(CCCNC[C@H](O)c4cccc(Cl)c4)cc3)c2)c1.Cl. The Morgan fingerprint density at radius 3 is 2.31 bits per heavy atom. The van der Waals surface area contributed by atoms with Gasteiger partial charge in [0.25, 0.3) is 0 Å². The van der Waals surface area contributed by atoms with E-state index in [0.29, 0.717) is 35.2 Å². The lowest BCUT2D eigenvalue weighted by molar-refractivity contribution is 0.0526. The number of carbonyl (C=O) groups is 1. The monoisotopic (exact) mass is 629 g/mol. The molecule has 0 heterocycles. The Kier molecular flexibility index (Phi) is 12.4. The molecule has 0 saturated heterocycles. The molecule has 4 aromatic rings. The molecule has 0 unspecified atom stereocenters. The van der Waals surface area contributed by atoms with E-state index in [1.54, 1.807) is 67.6 Å². The van der Waals surface area contributed by atoms with Crippen molar-refractivity contribution in [2.24, 2.45) is 0 Å². The molecule has 0 aliphatic carbocycles. The lowest BCUT2D eigenvalue weighted by Crippen LogP contribution is -2.22. The van der Waals surface area contributed by atoms with Crippen molar-refractivity contribution in [2.45, 2.75) is 35.7 Å². The van der Waals surface area contributed by atoms with Crippen molar-refractivity contribution in [3.8, 4) is 11.5 Å². The number of sulfone groups is 1. The molecule has 0 radical (unpaired) electrons. The molecule has 10 heteroatoms. The molecule has 0 aromatic heterocycles. The van der Waals surface area contributed by atoms with Crippen molar-refractivity contribution in [1.82, 2.24) is 5.32 Å². The Hall–Kier alpha value is -3.40. The number of nitrogens with one attached hydrogen (secondary N) is 1. The minimum absolute atomic E-state index is 0. The Morgan fingerprint density at radius 1 is 0.905 bits per heavy atom. The maximum Gasteiger partial charge on any atom is 0.338 e. The predicted octanol–water partition coefficient (Wildman–Crippen LogP) is 6.82. The first-order valence-electron chi connectivity index (χ1n) is 13.3. The summed E-state index contributed by atoms with van der Waals surface area (Å²) in [6.45, 7) is 3.11. The van der Waals surface area contributed by atoms with Crippen LogP contribution in [0.15, 0.2) is 107 Å². The number of aryl methyl sites for hydroxylation is 1. The quantitative estimate of drug-likeness (QED) is 0.124. The number of ether oxygens (including phenoxy) is 2. The summed E-state index contributed by atoms with van der Waals surface area (Å²) in [5.41, 5.74) is 2.13. The minimum Gasteiger partial charge on any atom is -0.462 e. The number of esters is 1. The van der Waals surface area contributed by atoms with Crippen LogP contribution in [0.25, 0.3) is 0 Å². The van der Waals surface area contributed by atoms with Gasteiger partial charge in [0.2, 0.25) is 9.84 Å². The molecule has 4 aromatic carbocycles. The van der Waals surface area contributed by atoms with E-state index in [1.165, 1.54) is 12.1 Å². The highest BCUT2D eigenvalue weighted by atomic mass is 35.5. The van der Waals surface area contributed by atoms with Crippen molar-refractivity contribution in [1.29, 1.82) is 0 Å². The Bertz CT molecular complexity index is 1580. The van der Waals surface area contributed by atoms with E-state index in [-0.39, 0.29) is 28.8 Å². The lowest BCUT2D eigenvalue weighted by Gasteiger charge is -2.12. The normalized spacial score (nSPS) is 11.8. The van der Waals surface area contributed by atoms with Crippen molar-refractivity contribution in [3.05, 3.63) is 119 Å². The summed E-state index contributed by atoms with van der Waals surface area (Å²) < 4.78 is 37.5. The van der Waals surface area contributed by atoms with E-state index >= 15 is 0 Å². The highest BCUT2D eigenvalue weighted by Crippen LogP contribution is 2.28. The topological polar surface area (TPSA) is 102 Å². The third kappa shape index (κ3) is 9.05. The molecule has 2 N–H and O–H groups in total. The van der Waals surface area contributed by atoms with Crippen LogP contribution in [-0.2, 0) is 21.0 Å². The Balaban J connectivity index is 0.00000484. The zero-order valence-electron chi connectivity index (χ0n) is 23.0. The van der Waals surface area contributed by atoms with Gasteiger partial charge in [0.1, 0.15) is 11.5 Å². The lowest BCUT2D eigenvalue weighted by atomic mass is 10.1. The molecule has 4 rings (SSSR count). The molecule has 0 aliphatic rings. The van der Waals surface area contributed by atoms with Crippen LogP contribution in [-0.4, -0.2) is 39.2 Å². The second kappa shape index (κ2) is 15.7. The average Bonchev–Trinajstić information content (AvgIpc) is 2.97. The fourth-order valence-electron chi connectivity index (χ4n) is 4.20. The predicted molar refractivity (Wildman–Crippen MR) is 166 cm³/mol. The minimum atomic E-state index is -3.77. The number of aliphatic hydroxyl groups is 1. The van der Waals surface area contributed by atoms with Gasteiger partial charge in [-0.1, -0.05) is 48.0 Å². The number of carbonyl (C=O) groups excluding carboxylic acids is 1. The number of hydrogen-bond donors (Lipinski definition) is 2. The van der Waals surface area contributed by atoms with E-state index in [2.05, 4.69) is 5.32 Å². The summed E-state index contributed by atoms with van der Waals surface area (Å²) >= 11 is 5.99. The molecule has 0 aliphatic heterocycles. The highest BCUT2D eigenvalue weighted by Gasteiger charge is 2.19. The van der Waals surface area contributed by atoms with Gasteiger partial charge in [-0.15, -0.1) is 12.4 Å². The first-order valence-corrected chi connectivity index (χ1v) is 15.2. The van der Waals surface area contributed by atoms with E-state index in [1.807, 2.05) is 24.3 Å². The van der Waals surface area contributed by atoms with Gasteiger partial charge in [0.15, 0.2) is 0 Å². The van der Waals surface area contributed by atoms with Gasteiger partial charge in [-0.2, -0.15) is 0 Å². The van der Waals surface area contributed by atoms with Crippen molar-refractivity contribution < 1.29 is 27.8 Å². The number of aliphatic hydroxyl groups excluding tert-OH is 1. The summed E-state index contributed by atoms with van der Waals surface area (Å²) in [5.74, 6) is 0.265. The highest BCUT2D eigenvalue weighted by molar-refractivity contribution is 7.91. The van der Waals surface area contributed by atoms with Crippen molar-refractivity contribution in [2.75, 3.05) is 19.7 Å². The summed E-state index contributed by atoms with van der Waals surface area (Å²) in [4.78, 5) is 12.3. The molecule has 0 bridgehead atoms. The number of halogens is 2. The zero-order valence-corrected chi connectivity index (χ0v) is 25.4.